The molecule has 0 aliphatic carbocycles. The van der Waals surface area contributed by atoms with Crippen LogP contribution < -0.4 is 15.5 Å². The molecule has 0 spiro atoms. The van der Waals surface area contributed by atoms with Gasteiger partial charge in [-0.05, 0) is 66.7 Å². The maximum atomic E-state index is 5.77. The summed E-state index contributed by atoms with van der Waals surface area (Å²) in [5, 5.41) is 7.68. The molecule has 136 valence electrons. The Balaban J connectivity index is 1.46. The summed E-state index contributed by atoms with van der Waals surface area (Å²) in [4.78, 5) is 0. The van der Waals surface area contributed by atoms with E-state index in [1.54, 1.807) is 6.21 Å². The Hall–Kier alpha value is -3.18. The molecule has 0 aliphatic rings. The molecule has 0 amide bonds. The first-order chi connectivity index (χ1) is 13.2. The number of nitrogens with one attached hydrogen (secondary N) is 2. The standard InChI is InChI=1S/C22H21N3OS/c1-17-7-11-20(12-8-17)24-22(27)25-23-15-18-9-13-21(14-10-18)26-16-19-5-3-2-4-6-19/h2-15H,16H2,1H3,(H2,24,25,27). The molecule has 5 heteroatoms. The number of ether oxygens (including phenoxy) is 1. The van der Waals surface area contributed by atoms with Crippen molar-refractivity contribution in [3.8, 4) is 5.75 Å². The van der Waals surface area contributed by atoms with Crippen molar-refractivity contribution in [1.29, 1.82) is 0 Å². The predicted molar refractivity (Wildman–Crippen MR) is 115 cm³/mol. The van der Waals surface area contributed by atoms with Crippen LogP contribution in [0.5, 0.6) is 5.75 Å². The number of hydrogen-bond donors (Lipinski definition) is 2. The summed E-state index contributed by atoms with van der Waals surface area (Å²) in [7, 11) is 0. The van der Waals surface area contributed by atoms with E-state index in [0.29, 0.717) is 11.7 Å². The highest BCUT2D eigenvalue weighted by molar-refractivity contribution is 7.80. The average molecular weight is 375 g/mol. The molecule has 0 saturated carbocycles. The summed E-state index contributed by atoms with van der Waals surface area (Å²) in [5.74, 6) is 0.820. The number of benzene rings is 3. The van der Waals surface area contributed by atoms with E-state index in [9.17, 15) is 0 Å². The van der Waals surface area contributed by atoms with E-state index in [-0.39, 0.29) is 0 Å². The zero-order valence-corrected chi connectivity index (χ0v) is 15.9. The highest BCUT2D eigenvalue weighted by atomic mass is 32.1. The number of anilines is 1. The minimum Gasteiger partial charge on any atom is -0.489 e. The Bertz CT molecular complexity index is 891. The van der Waals surface area contributed by atoms with E-state index in [0.717, 1.165) is 22.6 Å². The van der Waals surface area contributed by atoms with Gasteiger partial charge in [0.2, 0.25) is 0 Å². The zero-order chi connectivity index (χ0) is 18.9. The third kappa shape index (κ3) is 6.24. The lowest BCUT2D eigenvalue weighted by molar-refractivity contribution is 0.306. The molecule has 0 aliphatic heterocycles. The predicted octanol–water partition coefficient (Wildman–Crippen LogP) is 4.89. The van der Waals surface area contributed by atoms with Crippen molar-refractivity contribution in [2.45, 2.75) is 13.5 Å². The van der Waals surface area contributed by atoms with Crippen LogP contribution in [0, 0.1) is 6.92 Å². The first kappa shape index (κ1) is 18.6. The van der Waals surface area contributed by atoms with Crippen LogP contribution in [0.3, 0.4) is 0 Å². The van der Waals surface area contributed by atoms with E-state index >= 15 is 0 Å². The number of hydrazone groups is 1. The van der Waals surface area contributed by atoms with E-state index in [4.69, 9.17) is 17.0 Å². The largest absolute Gasteiger partial charge is 0.489 e. The van der Waals surface area contributed by atoms with Crippen LogP contribution in [-0.4, -0.2) is 11.3 Å². The lowest BCUT2D eigenvalue weighted by Gasteiger charge is -2.07. The Morgan fingerprint density at radius 3 is 2.37 bits per heavy atom. The zero-order valence-electron chi connectivity index (χ0n) is 15.1. The van der Waals surface area contributed by atoms with Gasteiger partial charge in [-0.3, -0.25) is 5.43 Å². The molecule has 0 aromatic heterocycles. The van der Waals surface area contributed by atoms with E-state index in [1.807, 2.05) is 85.8 Å². The van der Waals surface area contributed by atoms with Crippen molar-refractivity contribution in [2.24, 2.45) is 5.10 Å². The van der Waals surface area contributed by atoms with Crippen LogP contribution in [0.1, 0.15) is 16.7 Å². The van der Waals surface area contributed by atoms with Crippen molar-refractivity contribution in [3.05, 3.63) is 95.6 Å². The molecule has 0 atom stereocenters. The van der Waals surface area contributed by atoms with Gasteiger partial charge in [0.05, 0.1) is 6.21 Å². The monoisotopic (exact) mass is 375 g/mol. The second-order valence-electron chi connectivity index (χ2n) is 6.03. The van der Waals surface area contributed by atoms with E-state index in [1.165, 1.54) is 5.56 Å². The maximum absolute atomic E-state index is 5.77. The molecule has 0 radical (unpaired) electrons. The summed E-state index contributed by atoms with van der Waals surface area (Å²) < 4.78 is 5.77. The average Bonchev–Trinajstić information content (AvgIpc) is 2.70. The fourth-order valence-electron chi connectivity index (χ4n) is 2.35. The van der Waals surface area contributed by atoms with E-state index < -0.39 is 0 Å². The third-order valence-electron chi connectivity index (χ3n) is 3.82. The minimum atomic E-state index is 0.443. The molecule has 0 saturated heterocycles. The van der Waals surface area contributed by atoms with Gasteiger partial charge < -0.3 is 10.1 Å². The van der Waals surface area contributed by atoms with Gasteiger partial charge in [-0.25, -0.2) is 0 Å². The first-order valence-corrected chi connectivity index (χ1v) is 9.03. The molecule has 0 bridgehead atoms. The van der Waals surface area contributed by atoms with Crippen molar-refractivity contribution < 1.29 is 4.74 Å². The molecule has 3 rings (SSSR count). The minimum absolute atomic E-state index is 0.443. The van der Waals surface area contributed by atoms with Crippen molar-refractivity contribution in [2.75, 3.05) is 5.32 Å². The molecule has 4 nitrogen and oxygen atoms in total. The highest BCUT2D eigenvalue weighted by Crippen LogP contribution is 2.13. The number of rotatable bonds is 6. The summed E-state index contributed by atoms with van der Waals surface area (Å²) in [6.45, 7) is 2.59. The molecule has 0 fully saturated rings. The van der Waals surface area contributed by atoms with Gasteiger partial charge in [-0.15, -0.1) is 0 Å². The Morgan fingerprint density at radius 2 is 1.67 bits per heavy atom. The smallest absolute Gasteiger partial charge is 0.191 e. The number of thiocarbonyl (C=S) groups is 1. The summed E-state index contributed by atoms with van der Waals surface area (Å²) in [6.07, 6.45) is 1.71. The van der Waals surface area contributed by atoms with Crippen molar-refractivity contribution in [3.63, 3.8) is 0 Å². The van der Waals surface area contributed by atoms with Gasteiger partial charge >= 0.3 is 0 Å². The van der Waals surface area contributed by atoms with Gasteiger partial charge in [0.15, 0.2) is 5.11 Å². The normalized spacial score (nSPS) is 10.6. The van der Waals surface area contributed by atoms with Crippen molar-refractivity contribution in [1.82, 2.24) is 5.43 Å². The SMILES string of the molecule is Cc1ccc(NC(=S)NN=Cc2ccc(OCc3ccccc3)cc2)cc1. The molecule has 0 unspecified atom stereocenters. The maximum Gasteiger partial charge on any atom is 0.191 e. The summed E-state index contributed by atoms with van der Waals surface area (Å²) >= 11 is 5.23. The number of nitrogens with zero attached hydrogens (tertiary/aromatic N) is 1. The lowest BCUT2D eigenvalue weighted by atomic mass is 10.2. The van der Waals surface area contributed by atoms with Crippen LogP contribution in [0.2, 0.25) is 0 Å². The molecule has 3 aromatic rings. The van der Waals surface area contributed by atoms with Crippen LogP contribution in [0.15, 0.2) is 84.0 Å². The molecule has 27 heavy (non-hydrogen) atoms. The second-order valence-corrected chi connectivity index (χ2v) is 6.44. The second kappa shape index (κ2) is 9.50. The third-order valence-corrected chi connectivity index (χ3v) is 4.01. The fraction of sp³-hybridized carbons (Fsp3) is 0.0909. The van der Waals surface area contributed by atoms with Gasteiger partial charge in [-0.2, -0.15) is 5.10 Å². The highest BCUT2D eigenvalue weighted by Gasteiger charge is 1.97. The molecular weight excluding hydrogens is 354 g/mol. The molecule has 0 heterocycles. The first-order valence-electron chi connectivity index (χ1n) is 8.62. The Morgan fingerprint density at radius 1 is 0.963 bits per heavy atom. The Kier molecular flexibility index (Phi) is 6.55. The molecule has 2 N–H and O–H groups in total. The van der Waals surface area contributed by atoms with E-state index in [2.05, 4.69) is 15.8 Å². The van der Waals surface area contributed by atoms with Gasteiger partial charge in [-0.1, -0.05) is 48.0 Å². The summed E-state index contributed by atoms with van der Waals surface area (Å²) in [6, 6.07) is 25.8. The fourth-order valence-corrected chi connectivity index (χ4v) is 2.52. The lowest BCUT2D eigenvalue weighted by Crippen LogP contribution is -2.23. The Labute approximate surface area is 164 Å². The molecular formula is C22H21N3OS. The van der Waals surface area contributed by atoms with Gasteiger partial charge in [0, 0.05) is 5.69 Å². The van der Waals surface area contributed by atoms with Gasteiger partial charge in [0.25, 0.3) is 0 Å². The van der Waals surface area contributed by atoms with Crippen LogP contribution in [0.4, 0.5) is 5.69 Å². The van der Waals surface area contributed by atoms with Gasteiger partial charge in [0.1, 0.15) is 12.4 Å². The number of aryl methyl sites for hydroxylation is 1. The van der Waals surface area contributed by atoms with Crippen molar-refractivity contribution >= 4 is 29.2 Å². The quantitative estimate of drug-likeness (QED) is 0.366. The topological polar surface area (TPSA) is 45.7 Å². The van der Waals surface area contributed by atoms with Crippen LogP contribution in [0.25, 0.3) is 0 Å². The van der Waals surface area contributed by atoms with Crippen LogP contribution >= 0.6 is 12.2 Å². The number of hydrogen-bond acceptors (Lipinski definition) is 3. The summed E-state index contributed by atoms with van der Waals surface area (Å²) in [5.41, 5.74) is 7.03. The van der Waals surface area contributed by atoms with Crippen LogP contribution in [-0.2, 0) is 6.61 Å². The molecule has 3 aromatic carbocycles.